The maximum atomic E-state index is 13.0. The van der Waals surface area contributed by atoms with Crippen LogP contribution < -0.4 is 5.32 Å². The number of amides is 1. The molecule has 0 atom stereocenters. The molecular weight excluding hydrogens is 338 g/mol. The van der Waals surface area contributed by atoms with Crippen molar-refractivity contribution in [1.82, 2.24) is 4.98 Å². The molecule has 0 bridgehead atoms. The average molecular weight is 361 g/mol. The van der Waals surface area contributed by atoms with E-state index in [1.54, 1.807) is 18.2 Å². The molecule has 2 aromatic carbocycles. The SMILES string of the molecule is CC(C)(C)c1cc2cc(NC(=O)C3(c4cccc(N=O)c4)CC3)ccc2[nH]1. The second kappa shape index (κ2) is 6.05. The molecular formula is C22H23N3O2. The van der Waals surface area contributed by atoms with Gasteiger partial charge in [0.1, 0.15) is 5.69 Å². The summed E-state index contributed by atoms with van der Waals surface area (Å²) in [5.74, 6) is -0.0310. The fourth-order valence-electron chi connectivity index (χ4n) is 3.50. The second-order valence-electron chi connectivity index (χ2n) is 8.41. The van der Waals surface area contributed by atoms with E-state index in [-0.39, 0.29) is 11.3 Å². The summed E-state index contributed by atoms with van der Waals surface area (Å²) in [4.78, 5) is 27.2. The lowest BCUT2D eigenvalue weighted by molar-refractivity contribution is -0.118. The molecule has 5 nitrogen and oxygen atoms in total. The first-order valence-electron chi connectivity index (χ1n) is 9.20. The summed E-state index contributed by atoms with van der Waals surface area (Å²) in [7, 11) is 0. The molecule has 1 aliphatic carbocycles. The van der Waals surface area contributed by atoms with Gasteiger partial charge >= 0.3 is 0 Å². The minimum Gasteiger partial charge on any atom is -0.358 e. The minimum atomic E-state index is -0.551. The van der Waals surface area contributed by atoms with Crippen LogP contribution in [-0.4, -0.2) is 10.9 Å². The molecule has 138 valence electrons. The van der Waals surface area contributed by atoms with Gasteiger partial charge in [-0.1, -0.05) is 32.9 Å². The van der Waals surface area contributed by atoms with Crippen molar-refractivity contribution in [3.8, 4) is 0 Å². The molecule has 4 rings (SSSR count). The molecule has 3 aromatic rings. The molecule has 0 aliphatic heterocycles. The number of rotatable bonds is 4. The number of carbonyl (C=O) groups is 1. The van der Waals surface area contributed by atoms with Gasteiger partial charge in [0.05, 0.1) is 5.41 Å². The Morgan fingerprint density at radius 2 is 1.89 bits per heavy atom. The highest BCUT2D eigenvalue weighted by atomic mass is 16.3. The molecule has 1 aromatic heterocycles. The molecule has 0 radical (unpaired) electrons. The molecule has 1 fully saturated rings. The highest BCUT2D eigenvalue weighted by Gasteiger charge is 2.51. The number of carbonyl (C=O) groups excluding carboxylic acids is 1. The van der Waals surface area contributed by atoms with Crippen molar-refractivity contribution in [2.75, 3.05) is 5.32 Å². The van der Waals surface area contributed by atoms with Crippen LogP contribution >= 0.6 is 0 Å². The van der Waals surface area contributed by atoms with Crippen LogP contribution in [0.5, 0.6) is 0 Å². The lowest BCUT2D eigenvalue weighted by Gasteiger charge is -2.16. The summed E-state index contributed by atoms with van der Waals surface area (Å²) in [6, 6.07) is 15.1. The summed E-state index contributed by atoms with van der Waals surface area (Å²) < 4.78 is 0. The van der Waals surface area contributed by atoms with Gasteiger partial charge in [-0.25, -0.2) is 0 Å². The third-order valence-electron chi connectivity index (χ3n) is 5.38. The Labute approximate surface area is 158 Å². The Hall–Kier alpha value is -2.95. The topological polar surface area (TPSA) is 74.3 Å². The number of fused-ring (bicyclic) bond motifs is 1. The minimum absolute atomic E-state index is 0.0310. The van der Waals surface area contributed by atoms with Crippen molar-refractivity contribution in [3.63, 3.8) is 0 Å². The number of anilines is 1. The summed E-state index contributed by atoms with van der Waals surface area (Å²) in [6.07, 6.45) is 1.56. The van der Waals surface area contributed by atoms with Gasteiger partial charge in [0, 0.05) is 27.7 Å². The molecule has 2 N–H and O–H groups in total. The van der Waals surface area contributed by atoms with Gasteiger partial charge in [0.25, 0.3) is 0 Å². The van der Waals surface area contributed by atoms with Crippen LogP contribution in [0.15, 0.2) is 53.7 Å². The Bertz CT molecular complexity index is 1040. The van der Waals surface area contributed by atoms with Crippen LogP contribution in [0.2, 0.25) is 0 Å². The molecule has 0 saturated heterocycles. The van der Waals surface area contributed by atoms with E-state index in [9.17, 15) is 9.70 Å². The van der Waals surface area contributed by atoms with Crippen molar-refractivity contribution in [2.24, 2.45) is 5.18 Å². The third kappa shape index (κ3) is 3.14. The summed E-state index contributed by atoms with van der Waals surface area (Å²) in [5, 5.41) is 7.12. The fourth-order valence-corrected chi connectivity index (χ4v) is 3.50. The number of hydrogen-bond acceptors (Lipinski definition) is 3. The number of aromatic amines is 1. The van der Waals surface area contributed by atoms with Crippen LogP contribution in [0.4, 0.5) is 11.4 Å². The number of nitrogens with one attached hydrogen (secondary N) is 2. The van der Waals surface area contributed by atoms with E-state index in [2.05, 4.69) is 42.3 Å². The first-order chi connectivity index (χ1) is 12.8. The van der Waals surface area contributed by atoms with Crippen molar-refractivity contribution in [3.05, 3.63) is 64.7 Å². The fraction of sp³-hybridized carbons (Fsp3) is 0.318. The molecule has 0 spiro atoms. The highest BCUT2D eigenvalue weighted by molar-refractivity contribution is 6.02. The molecule has 5 heteroatoms. The Kier molecular flexibility index (Phi) is 3.91. The summed E-state index contributed by atoms with van der Waals surface area (Å²) >= 11 is 0. The standard InChI is InChI=1S/C22H23N3O2/c1-21(2,3)19-12-14-11-16(7-8-18(14)24-19)23-20(26)22(9-10-22)15-5-4-6-17(13-15)25-27/h4-8,11-13,24H,9-10H2,1-3H3,(H,23,26). The van der Waals surface area contributed by atoms with Gasteiger partial charge in [-0.05, 0) is 60.0 Å². The first-order valence-corrected chi connectivity index (χ1v) is 9.20. The van der Waals surface area contributed by atoms with Crippen LogP contribution in [-0.2, 0) is 15.6 Å². The van der Waals surface area contributed by atoms with Crippen LogP contribution in [0, 0.1) is 4.91 Å². The molecule has 1 heterocycles. The Balaban J connectivity index is 1.60. The van der Waals surface area contributed by atoms with Crippen LogP contribution in [0.1, 0.15) is 44.9 Å². The van der Waals surface area contributed by atoms with E-state index in [0.29, 0.717) is 5.69 Å². The number of benzene rings is 2. The van der Waals surface area contributed by atoms with Gasteiger partial charge in [0.2, 0.25) is 5.91 Å². The van der Waals surface area contributed by atoms with Crippen molar-refractivity contribution in [1.29, 1.82) is 0 Å². The van der Waals surface area contributed by atoms with Gasteiger partial charge in [0.15, 0.2) is 0 Å². The van der Waals surface area contributed by atoms with Gasteiger partial charge in [-0.3, -0.25) is 4.79 Å². The summed E-state index contributed by atoms with van der Waals surface area (Å²) in [6.45, 7) is 6.50. The molecule has 1 aliphatic rings. The number of hydrogen-bond donors (Lipinski definition) is 2. The van der Waals surface area contributed by atoms with E-state index in [1.807, 2.05) is 24.3 Å². The highest BCUT2D eigenvalue weighted by Crippen LogP contribution is 2.49. The summed E-state index contributed by atoms with van der Waals surface area (Å²) in [5.41, 5.74) is 3.71. The number of nitrogens with zero attached hydrogens (tertiary/aromatic N) is 1. The largest absolute Gasteiger partial charge is 0.358 e. The zero-order valence-electron chi connectivity index (χ0n) is 15.8. The second-order valence-corrected chi connectivity index (χ2v) is 8.41. The van der Waals surface area contributed by atoms with Crippen molar-refractivity contribution in [2.45, 2.75) is 44.4 Å². The molecule has 1 amide bonds. The zero-order valence-corrected chi connectivity index (χ0v) is 15.8. The predicted molar refractivity (Wildman–Crippen MR) is 108 cm³/mol. The van der Waals surface area contributed by atoms with E-state index in [4.69, 9.17) is 0 Å². The number of nitroso groups, excluding NO2 is 1. The van der Waals surface area contributed by atoms with Crippen LogP contribution in [0.3, 0.4) is 0 Å². The normalized spacial score (nSPS) is 15.5. The first kappa shape index (κ1) is 17.5. The Morgan fingerprint density at radius 3 is 2.56 bits per heavy atom. The number of aromatic nitrogens is 1. The van der Waals surface area contributed by atoms with Crippen LogP contribution in [0.25, 0.3) is 10.9 Å². The van der Waals surface area contributed by atoms with Crippen molar-refractivity contribution >= 4 is 28.2 Å². The zero-order chi connectivity index (χ0) is 19.2. The van der Waals surface area contributed by atoms with E-state index in [1.165, 1.54) is 0 Å². The van der Waals surface area contributed by atoms with Gasteiger partial charge in [-0.15, -0.1) is 4.91 Å². The predicted octanol–water partition coefficient (Wildman–Crippen LogP) is 5.53. The Morgan fingerprint density at radius 1 is 1.11 bits per heavy atom. The van der Waals surface area contributed by atoms with Crippen molar-refractivity contribution < 1.29 is 4.79 Å². The maximum Gasteiger partial charge on any atom is 0.235 e. The third-order valence-corrected chi connectivity index (χ3v) is 5.38. The average Bonchev–Trinajstić information content (AvgIpc) is 3.34. The lowest BCUT2D eigenvalue weighted by atomic mass is 9.92. The van der Waals surface area contributed by atoms with E-state index in [0.717, 1.165) is 40.7 Å². The molecule has 1 saturated carbocycles. The molecule has 27 heavy (non-hydrogen) atoms. The van der Waals surface area contributed by atoms with E-state index < -0.39 is 5.41 Å². The van der Waals surface area contributed by atoms with Gasteiger partial charge in [-0.2, -0.15) is 0 Å². The van der Waals surface area contributed by atoms with E-state index >= 15 is 0 Å². The lowest BCUT2D eigenvalue weighted by Crippen LogP contribution is -2.27. The number of H-pyrrole nitrogens is 1. The maximum absolute atomic E-state index is 13.0. The molecule has 0 unspecified atom stereocenters. The smallest absolute Gasteiger partial charge is 0.235 e. The quantitative estimate of drug-likeness (QED) is 0.599. The monoisotopic (exact) mass is 361 g/mol. The van der Waals surface area contributed by atoms with Gasteiger partial charge < -0.3 is 10.3 Å².